The van der Waals surface area contributed by atoms with Crippen LogP contribution in [0.4, 0.5) is 11.8 Å². The minimum atomic E-state index is 0.344. The second kappa shape index (κ2) is 7.93. The summed E-state index contributed by atoms with van der Waals surface area (Å²) in [6.07, 6.45) is 4.55. The lowest BCUT2D eigenvalue weighted by Crippen LogP contribution is -2.38. The number of hydrogen-bond donors (Lipinski definition) is 1. The lowest BCUT2D eigenvalue weighted by molar-refractivity contribution is -0.0481. The molecule has 3 heterocycles. The van der Waals surface area contributed by atoms with Crippen LogP contribution in [0.5, 0.6) is 0 Å². The minimum absolute atomic E-state index is 0.344. The zero-order valence-electron chi connectivity index (χ0n) is 14.2. The smallest absolute Gasteiger partial charge is 0.227 e. The molecule has 0 bridgehead atoms. The first-order chi connectivity index (χ1) is 11.2. The Kier molecular flexibility index (Phi) is 5.67. The molecule has 0 aromatic carbocycles. The molecule has 2 aliphatic rings. The van der Waals surface area contributed by atoms with Crippen LogP contribution in [-0.4, -0.2) is 55.5 Å². The van der Waals surface area contributed by atoms with Gasteiger partial charge in [-0.3, -0.25) is 0 Å². The van der Waals surface area contributed by atoms with E-state index in [4.69, 9.17) is 9.47 Å². The van der Waals surface area contributed by atoms with E-state index in [1.54, 1.807) is 0 Å². The number of anilines is 2. The summed E-state index contributed by atoms with van der Waals surface area (Å²) in [5.41, 5.74) is 0. The molecular weight excluding hydrogens is 292 g/mol. The average Bonchev–Trinajstić information content (AvgIpc) is 2.61. The van der Waals surface area contributed by atoms with Crippen molar-refractivity contribution < 1.29 is 9.47 Å². The highest BCUT2D eigenvalue weighted by Crippen LogP contribution is 2.26. The first-order valence-electron chi connectivity index (χ1n) is 8.75. The van der Waals surface area contributed by atoms with Crippen molar-refractivity contribution >= 4 is 11.8 Å². The zero-order chi connectivity index (χ0) is 16.1. The second-order valence-electron chi connectivity index (χ2n) is 6.70. The van der Waals surface area contributed by atoms with Crippen molar-refractivity contribution in [2.45, 2.75) is 32.8 Å². The molecule has 0 spiro atoms. The summed E-state index contributed by atoms with van der Waals surface area (Å²) < 4.78 is 11.4. The number of hydrogen-bond acceptors (Lipinski definition) is 6. The van der Waals surface area contributed by atoms with Gasteiger partial charge in [0.2, 0.25) is 5.95 Å². The molecule has 1 aromatic rings. The fourth-order valence-electron chi connectivity index (χ4n) is 3.42. The number of nitrogens with one attached hydrogen (secondary N) is 1. The van der Waals surface area contributed by atoms with Gasteiger partial charge in [0.1, 0.15) is 5.82 Å². The Balaban J connectivity index is 1.59. The number of nitrogens with zero attached hydrogens (tertiary/aromatic N) is 3. The number of morpholine rings is 1. The van der Waals surface area contributed by atoms with E-state index in [2.05, 4.69) is 34.0 Å². The topological polar surface area (TPSA) is 59.5 Å². The summed E-state index contributed by atoms with van der Waals surface area (Å²) in [5, 5.41) is 3.49. The van der Waals surface area contributed by atoms with Gasteiger partial charge in [-0.25, -0.2) is 4.98 Å². The summed E-state index contributed by atoms with van der Waals surface area (Å²) in [7, 11) is 0. The first kappa shape index (κ1) is 16.5. The number of ether oxygens (including phenoxy) is 2. The first-order valence-corrected chi connectivity index (χ1v) is 8.75. The van der Waals surface area contributed by atoms with Crippen molar-refractivity contribution in [3.05, 3.63) is 12.3 Å². The van der Waals surface area contributed by atoms with Crippen molar-refractivity contribution in [2.24, 2.45) is 11.8 Å². The maximum absolute atomic E-state index is 5.96. The second-order valence-corrected chi connectivity index (χ2v) is 6.70. The molecule has 2 aliphatic heterocycles. The van der Waals surface area contributed by atoms with E-state index in [-0.39, 0.29) is 0 Å². The number of aromatic nitrogens is 2. The van der Waals surface area contributed by atoms with Gasteiger partial charge in [-0.15, -0.1) is 0 Å². The van der Waals surface area contributed by atoms with Crippen LogP contribution in [0.3, 0.4) is 0 Å². The monoisotopic (exact) mass is 320 g/mol. The molecule has 0 radical (unpaired) electrons. The highest BCUT2D eigenvalue weighted by molar-refractivity contribution is 5.41. The van der Waals surface area contributed by atoms with E-state index in [0.717, 1.165) is 57.6 Å². The van der Waals surface area contributed by atoms with Crippen LogP contribution in [0.15, 0.2) is 12.3 Å². The van der Waals surface area contributed by atoms with Crippen LogP contribution in [0.2, 0.25) is 0 Å². The van der Waals surface area contributed by atoms with Gasteiger partial charge in [0.05, 0.1) is 19.3 Å². The van der Waals surface area contributed by atoms with E-state index < -0.39 is 0 Å². The van der Waals surface area contributed by atoms with Gasteiger partial charge in [-0.2, -0.15) is 4.98 Å². The Labute approximate surface area is 138 Å². The van der Waals surface area contributed by atoms with E-state index >= 15 is 0 Å². The van der Waals surface area contributed by atoms with Crippen LogP contribution in [0.25, 0.3) is 0 Å². The molecule has 2 fully saturated rings. The van der Waals surface area contributed by atoms with E-state index in [1.807, 2.05) is 12.3 Å². The van der Waals surface area contributed by atoms with Crippen molar-refractivity contribution in [2.75, 3.05) is 49.7 Å². The number of rotatable bonds is 5. The molecule has 6 heteroatoms. The quantitative estimate of drug-likeness (QED) is 0.897. The van der Waals surface area contributed by atoms with Crippen LogP contribution in [0, 0.1) is 11.8 Å². The Bertz CT molecular complexity index is 491. The maximum Gasteiger partial charge on any atom is 0.227 e. The van der Waals surface area contributed by atoms with E-state index in [9.17, 15) is 0 Å². The van der Waals surface area contributed by atoms with Crippen LogP contribution in [-0.2, 0) is 9.47 Å². The Morgan fingerprint density at radius 1 is 1.30 bits per heavy atom. The third kappa shape index (κ3) is 4.32. The third-order valence-corrected chi connectivity index (χ3v) is 4.63. The summed E-state index contributed by atoms with van der Waals surface area (Å²) in [6.45, 7) is 9.49. The highest BCUT2D eigenvalue weighted by Gasteiger charge is 2.28. The van der Waals surface area contributed by atoms with Gasteiger partial charge in [0, 0.05) is 38.4 Å². The third-order valence-electron chi connectivity index (χ3n) is 4.63. The van der Waals surface area contributed by atoms with Gasteiger partial charge < -0.3 is 19.7 Å². The Morgan fingerprint density at radius 2 is 2.13 bits per heavy atom. The maximum atomic E-state index is 5.96. The molecule has 1 aromatic heterocycles. The highest BCUT2D eigenvalue weighted by atomic mass is 16.5. The van der Waals surface area contributed by atoms with E-state index in [0.29, 0.717) is 17.9 Å². The fourth-order valence-corrected chi connectivity index (χ4v) is 3.42. The molecule has 6 nitrogen and oxygen atoms in total. The van der Waals surface area contributed by atoms with Gasteiger partial charge >= 0.3 is 0 Å². The average molecular weight is 320 g/mol. The predicted molar refractivity (Wildman–Crippen MR) is 90.9 cm³/mol. The molecule has 2 atom stereocenters. The summed E-state index contributed by atoms with van der Waals surface area (Å²) >= 11 is 0. The van der Waals surface area contributed by atoms with E-state index in [1.165, 1.54) is 6.42 Å². The van der Waals surface area contributed by atoms with Gasteiger partial charge in [0.25, 0.3) is 0 Å². The lowest BCUT2D eigenvalue weighted by Gasteiger charge is -2.34. The molecule has 1 N–H and O–H groups in total. The molecular formula is C17H28N4O2. The van der Waals surface area contributed by atoms with Crippen LogP contribution < -0.4 is 10.2 Å². The molecule has 23 heavy (non-hydrogen) atoms. The molecule has 2 saturated heterocycles. The molecule has 0 saturated carbocycles. The molecule has 128 valence electrons. The standard InChI is InChI=1S/C17H28N4O2/c1-13(2)16-14(4-3-9-23-16)12-19-15-5-6-18-17(20-15)21-7-10-22-11-8-21/h5-6,13-14,16H,3-4,7-12H2,1-2H3,(H,18,19,20). The van der Waals surface area contributed by atoms with Crippen molar-refractivity contribution in [1.29, 1.82) is 0 Å². The van der Waals surface area contributed by atoms with Gasteiger partial charge in [-0.05, 0) is 24.8 Å². The lowest BCUT2D eigenvalue weighted by atomic mass is 9.87. The van der Waals surface area contributed by atoms with Crippen molar-refractivity contribution in [3.63, 3.8) is 0 Å². The Hall–Kier alpha value is -1.40. The fraction of sp³-hybridized carbons (Fsp3) is 0.765. The van der Waals surface area contributed by atoms with Gasteiger partial charge in [-0.1, -0.05) is 13.8 Å². The van der Waals surface area contributed by atoms with Gasteiger partial charge in [0.15, 0.2) is 0 Å². The molecule has 2 unspecified atom stereocenters. The normalized spacial score (nSPS) is 25.6. The molecule has 0 aliphatic carbocycles. The van der Waals surface area contributed by atoms with Crippen molar-refractivity contribution in [3.8, 4) is 0 Å². The molecule has 0 amide bonds. The largest absolute Gasteiger partial charge is 0.378 e. The zero-order valence-corrected chi connectivity index (χ0v) is 14.2. The van der Waals surface area contributed by atoms with Crippen LogP contribution in [0.1, 0.15) is 26.7 Å². The van der Waals surface area contributed by atoms with Crippen molar-refractivity contribution in [1.82, 2.24) is 9.97 Å². The summed E-state index contributed by atoms with van der Waals surface area (Å²) in [6, 6.07) is 1.94. The summed E-state index contributed by atoms with van der Waals surface area (Å²) in [4.78, 5) is 11.2. The summed E-state index contributed by atoms with van der Waals surface area (Å²) in [5.74, 6) is 2.79. The SMILES string of the molecule is CC(C)C1OCCCC1CNc1ccnc(N2CCOCC2)n1. The predicted octanol–water partition coefficient (Wildman–Crippen LogP) is 2.18. The Morgan fingerprint density at radius 3 is 2.91 bits per heavy atom. The molecule has 3 rings (SSSR count). The van der Waals surface area contributed by atoms with Crippen LogP contribution >= 0.6 is 0 Å². The minimum Gasteiger partial charge on any atom is -0.378 e.